The highest BCUT2D eigenvalue weighted by Gasteiger charge is 2.21. The molecule has 168 valence electrons. The first-order valence-electron chi connectivity index (χ1n) is 10.4. The number of phenolic OH excluding ortho intramolecular Hbond substituents is 1. The van der Waals surface area contributed by atoms with Gasteiger partial charge in [-0.05, 0) is 62.2 Å². The van der Waals surface area contributed by atoms with Crippen molar-refractivity contribution in [1.82, 2.24) is 10.2 Å². The molecule has 3 rings (SSSR count). The number of aliphatic imine (C=N–C) groups is 1. The molecule has 8 heteroatoms. The monoisotopic (exact) mass is 537 g/mol. The number of carbonyl (C=O) groups excluding carboxylic acids is 1. The fourth-order valence-electron chi connectivity index (χ4n) is 3.56. The predicted molar refractivity (Wildman–Crippen MR) is 138 cm³/mol. The van der Waals surface area contributed by atoms with Crippen LogP contribution in [0.3, 0.4) is 0 Å². The molecule has 0 aliphatic carbocycles. The maximum Gasteiger partial charge on any atom is 0.246 e. The first-order chi connectivity index (χ1) is 14.5. The molecule has 0 radical (unpaired) electrons. The van der Waals surface area contributed by atoms with Gasteiger partial charge in [-0.25, -0.2) is 4.99 Å². The topological polar surface area (TPSA) is 80.2 Å². The van der Waals surface area contributed by atoms with E-state index in [1.807, 2.05) is 6.92 Å². The van der Waals surface area contributed by atoms with Crippen LogP contribution in [0.5, 0.6) is 5.75 Å². The molecule has 0 spiro atoms. The lowest BCUT2D eigenvalue weighted by atomic mass is 10.1. The number of amides is 1. The number of carbonyl (C=O) groups is 1. The Hall–Kier alpha value is -2.49. The molecule has 1 aliphatic rings. The molecule has 0 atom stereocenters. The highest BCUT2D eigenvalue weighted by Crippen LogP contribution is 2.23. The summed E-state index contributed by atoms with van der Waals surface area (Å²) in [4.78, 5) is 21.4. The first kappa shape index (κ1) is 24.8. The molecule has 0 bridgehead atoms. The Morgan fingerprint density at radius 2 is 1.74 bits per heavy atom. The summed E-state index contributed by atoms with van der Waals surface area (Å²) in [5.41, 5.74) is 4.58. The number of phenols is 1. The van der Waals surface area contributed by atoms with Gasteiger partial charge in [0.15, 0.2) is 5.96 Å². The molecule has 1 amide bonds. The van der Waals surface area contributed by atoms with Gasteiger partial charge in [-0.1, -0.05) is 12.1 Å². The van der Waals surface area contributed by atoms with E-state index in [9.17, 15) is 9.90 Å². The Morgan fingerprint density at radius 1 is 1.06 bits per heavy atom. The summed E-state index contributed by atoms with van der Waals surface area (Å²) in [5.74, 6) is 0.740. The van der Waals surface area contributed by atoms with Crippen LogP contribution in [-0.4, -0.2) is 61.1 Å². The van der Waals surface area contributed by atoms with Crippen molar-refractivity contribution in [3.05, 3.63) is 53.6 Å². The van der Waals surface area contributed by atoms with E-state index in [1.165, 1.54) is 16.8 Å². The number of benzene rings is 2. The lowest BCUT2D eigenvalue weighted by molar-refractivity contribution is -0.114. The molecule has 3 N–H and O–H groups in total. The average Bonchev–Trinajstić information content (AvgIpc) is 2.75. The van der Waals surface area contributed by atoms with Crippen LogP contribution in [0.15, 0.2) is 47.5 Å². The van der Waals surface area contributed by atoms with E-state index in [0.717, 1.165) is 38.7 Å². The van der Waals surface area contributed by atoms with Crippen molar-refractivity contribution < 1.29 is 9.90 Å². The van der Waals surface area contributed by atoms with Crippen LogP contribution < -0.4 is 15.5 Å². The van der Waals surface area contributed by atoms with Crippen molar-refractivity contribution in [3.8, 4) is 5.75 Å². The Balaban J connectivity index is 0.00000341. The number of hydrogen-bond acceptors (Lipinski definition) is 4. The lowest BCUT2D eigenvalue weighted by Crippen LogP contribution is -2.53. The van der Waals surface area contributed by atoms with Gasteiger partial charge in [0, 0.05) is 44.1 Å². The summed E-state index contributed by atoms with van der Waals surface area (Å²) in [6, 6.07) is 12.8. The molecule has 2 aromatic rings. The summed E-state index contributed by atoms with van der Waals surface area (Å²) in [7, 11) is 0. The zero-order chi connectivity index (χ0) is 21.5. The van der Waals surface area contributed by atoms with Crippen molar-refractivity contribution in [2.75, 3.05) is 49.5 Å². The Kier molecular flexibility index (Phi) is 9.42. The Bertz CT molecular complexity index is 893. The molecule has 2 aromatic carbocycles. The van der Waals surface area contributed by atoms with E-state index < -0.39 is 0 Å². The normalized spacial score (nSPS) is 14.1. The van der Waals surface area contributed by atoms with E-state index in [4.69, 9.17) is 0 Å². The third-order valence-corrected chi connectivity index (χ3v) is 5.35. The summed E-state index contributed by atoms with van der Waals surface area (Å²) >= 11 is 0. The number of aromatic hydroxyl groups is 1. The zero-order valence-corrected chi connectivity index (χ0v) is 20.7. The summed E-state index contributed by atoms with van der Waals surface area (Å²) < 4.78 is 0. The van der Waals surface area contributed by atoms with Crippen molar-refractivity contribution in [1.29, 1.82) is 0 Å². The molecule has 1 aliphatic heterocycles. The summed E-state index contributed by atoms with van der Waals surface area (Å²) in [6.45, 7) is 10.7. The third kappa shape index (κ3) is 6.75. The molecule has 0 aromatic heterocycles. The van der Waals surface area contributed by atoms with Crippen molar-refractivity contribution in [2.45, 2.75) is 20.8 Å². The highest BCUT2D eigenvalue weighted by molar-refractivity contribution is 14.0. The van der Waals surface area contributed by atoms with Crippen molar-refractivity contribution in [3.63, 3.8) is 0 Å². The van der Waals surface area contributed by atoms with Gasteiger partial charge >= 0.3 is 0 Å². The van der Waals surface area contributed by atoms with Crippen LogP contribution in [0.2, 0.25) is 0 Å². The van der Waals surface area contributed by atoms with E-state index in [1.54, 1.807) is 24.3 Å². The van der Waals surface area contributed by atoms with Crippen LogP contribution in [0.1, 0.15) is 18.1 Å². The molecule has 1 saturated heterocycles. The summed E-state index contributed by atoms with van der Waals surface area (Å²) in [6.07, 6.45) is 0. The quantitative estimate of drug-likeness (QED) is 0.236. The molecule has 0 unspecified atom stereocenters. The zero-order valence-electron chi connectivity index (χ0n) is 18.4. The molecule has 0 saturated carbocycles. The lowest BCUT2D eigenvalue weighted by Gasteiger charge is -2.38. The predicted octanol–water partition coefficient (Wildman–Crippen LogP) is 3.35. The molecule has 1 heterocycles. The number of nitrogens with one attached hydrogen (secondary N) is 2. The van der Waals surface area contributed by atoms with E-state index in [-0.39, 0.29) is 42.2 Å². The van der Waals surface area contributed by atoms with Crippen LogP contribution in [0.25, 0.3) is 0 Å². The van der Waals surface area contributed by atoms with Gasteiger partial charge in [-0.15, -0.1) is 24.0 Å². The average molecular weight is 537 g/mol. The van der Waals surface area contributed by atoms with Gasteiger partial charge in [0.1, 0.15) is 12.3 Å². The Labute approximate surface area is 201 Å². The second-order valence-electron chi connectivity index (χ2n) is 7.46. The highest BCUT2D eigenvalue weighted by atomic mass is 127. The van der Waals surface area contributed by atoms with Crippen molar-refractivity contribution in [2.24, 2.45) is 4.99 Å². The van der Waals surface area contributed by atoms with Gasteiger partial charge in [-0.2, -0.15) is 0 Å². The van der Waals surface area contributed by atoms with Crippen molar-refractivity contribution >= 4 is 47.2 Å². The second kappa shape index (κ2) is 11.8. The third-order valence-electron chi connectivity index (χ3n) is 5.35. The summed E-state index contributed by atoms with van der Waals surface area (Å²) in [5, 5.41) is 15.4. The minimum atomic E-state index is -0.190. The number of aryl methyl sites for hydroxylation is 1. The first-order valence-corrected chi connectivity index (χ1v) is 10.4. The fraction of sp³-hybridized carbons (Fsp3) is 0.391. The molecule has 1 fully saturated rings. The molecule has 31 heavy (non-hydrogen) atoms. The standard InChI is InChI=1S/C23H31N5O2.HI/c1-4-24-23(25-16-22(30)26-19-8-10-20(29)11-9-19)28-14-12-27(13-15-28)21-7-5-6-17(2)18(21)3;/h5-11,29H,4,12-16H2,1-3H3,(H,24,25)(H,26,30);1H. The van der Waals surface area contributed by atoms with Gasteiger partial charge < -0.3 is 25.5 Å². The van der Waals surface area contributed by atoms with Crippen LogP contribution in [0, 0.1) is 13.8 Å². The van der Waals surface area contributed by atoms with E-state index in [2.05, 4.69) is 57.5 Å². The maximum absolute atomic E-state index is 12.3. The SMILES string of the molecule is CCNC(=NCC(=O)Nc1ccc(O)cc1)N1CCN(c2cccc(C)c2C)CC1.I. The minimum absolute atomic E-state index is 0. The number of nitrogens with zero attached hydrogens (tertiary/aromatic N) is 3. The van der Waals surface area contributed by atoms with Gasteiger partial charge in [-0.3, -0.25) is 4.79 Å². The number of anilines is 2. The number of hydrogen-bond donors (Lipinski definition) is 3. The number of piperazine rings is 1. The van der Waals surface area contributed by atoms with E-state index in [0.29, 0.717) is 5.69 Å². The number of rotatable bonds is 5. The molecule has 7 nitrogen and oxygen atoms in total. The Morgan fingerprint density at radius 3 is 2.39 bits per heavy atom. The fourth-order valence-corrected chi connectivity index (χ4v) is 3.56. The van der Waals surface area contributed by atoms with Crippen LogP contribution >= 0.6 is 24.0 Å². The van der Waals surface area contributed by atoms with Crippen LogP contribution in [-0.2, 0) is 4.79 Å². The second-order valence-corrected chi connectivity index (χ2v) is 7.46. The van der Waals surface area contributed by atoms with Crippen LogP contribution in [0.4, 0.5) is 11.4 Å². The minimum Gasteiger partial charge on any atom is -0.508 e. The largest absolute Gasteiger partial charge is 0.508 e. The van der Waals surface area contributed by atoms with E-state index >= 15 is 0 Å². The smallest absolute Gasteiger partial charge is 0.246 e. The molecular formula is C23H32IN5O2. The van der Waals surface area contributed by atoms with Gasteiger partial charge in [0.25, 0.3) is 0 Å². The number of guanidine groups is 1. The molecular weight excluding hydrogens is 505 g/mol. The van der Waals surface area contributed by atoms with Gasteiger partial charge in [0.05, 0.1) is 0 Å². The maximum atomic E-state index is 12.3. The number of halogens is 1. The van der Waals surface area contributed by atoms with Gasteiger partial charge in [0.2, 0.25) is 5.91 Å².